The van der Waals surface area contributed by atoms with Crippen molar-refractivity contribution in [3.8, 4) is 5.75 Å². The highest BCUT2D eigenvalue weighted by Gasteiger charge is 2.18. The molecule has 3 rings (SSSR count). The van der Waals surface area contributed by atoms with E-state index in [0.717, 1.165) is 11.3 Å². The summed E-state index contributed by atoms with van der Waals surface area (Å²) in [6, 6.07) is 13.0. The van der Waals surface area contributed by atoms with Crippen LogP contribution in [0, 0.1) is 5.82 Å². The summed E-state index contributed by atoms with van der Waals surface area (Å²) in [5, 5.41) is 12.7. The molecule has 1 amide bonds. The second-order valence-electron chi connectivity index (χ2n) is 5.27. The first-order chi connectivity index (χ1) is 11.1. The minimum Gasteiger partial charge on any atom is -0.488 e. The lowest BCUT2D eigenvalue weighted by atomic mass is 10.1. The normalized spacial score (nSPS) is 14.3. The highest BCUT2D eigenvalue weighted by atomic mass is 19.1. The van der Waals surface area contributed by atoms with Crippen molar-refractivity contribution < 1.29 is 19.0 Å². The Labute approximate surface area is 133 Å². The van der Waals surface area contributed by atoms with E-state index in [1.54, 1.807) is 6.08 Å². The van der Waals surface area contributed by atoms with Crippen molar-refractivity contribution >= 4 is 12.0 Å². The Morgan fingerprint density at radius 2 is 1.96 bits per heavy atom. The predicted molar refractivity (Wildman–Crippen MR) is 84.3 cm³/mol. The van der Waals surface area contributed by atoms with Crippen LogP contribution in [0.2, 0.25) is 0 Å². The second-order valence-corrected chi connectivity index (χ2v) is 5.27. The number of aliphatic hydroxyl groups is 1. The van der Waals surface area contributed by atoms with E-state index in [1.165, 1.54) is 24.3 Å². The zero-order valence-electron chi connectivity index (χ0n) is 12.3. The highest BCUT2D eigenvalue weighted by molar-refractivity contribution is 5.99. The van der Waals surface area contributed by atoms with Crippen LogP contribution in [-0.4, -0.2) is 24.2 Å². The second kappa shape index (κ2) is 6.62. The molecule has 0 bridgehead atoms. The van der Waals surface area contributed by atoms with Gasteiger partial charge in [0.2, 0.25) is 0 Å². The Balaban J connectivity index is 1.62. The Hall–Kier alpha value is -2.66. The number of benzene rings is 2. The number of carbonyl (C=O) groups is 1. The predicted octanol–water partition coefficient (Wildman–Crippen LogP) is 2.45. The highest BCUT2D eigenvalue weighted by Crippen LogP contribution is 2.25. The molecule has 2 aromatic rings. The molecule has 1 aliphatic rings. The summed E-state index contributed by atoms with van der Waals surface area (Å²) >= 11 is 0. The van der Waals surface area contributed by atoms with Gasteiger partial charge >= 0.3 is 0 Å². The van der Waals surface area contributed by atoms with Gasteiger partial charge in [-0.2, -0.15) is 0 Å². The van der Waals surface area contributed by atoms with Crippen LogP contribution in [0.15, 0.2) is 54.1 Å². The van der Waals surface area contributed by atoms with E-state index in [9.17, 15) is 14.3 Å². The number of ether oxygens (including phenoxy) is 1. The van der Waals surface area contributed by atoms with Crippen molar-refractivity contribution in [3.63, 3.8) is 0 Å². The maximum atomic E-state index is 12.9. The Bertz CT molecular complexity index is 740. The molecule has 2 aromatic carbocycles. The number of halogens is 1. The van der Waals surface area contributed by atoms with Crippen LogP contribution in [0.1, 0.15) is 17.2 Å². The quantitative estimate of drug-likeness (QED) is 0.911. The minimum absolute atomic E-state index is 0.0451. The van der Waals surface area contributed by atoms with Gasteiger partial charge in [-0.3, -0.25) is 4.79 Å². The molecule has 5 heteroatoms. The number of carbonyl (C=O) groups excluding carboxylic acids is 1. The van der Waals surface area contributed by atoms with Crippen LogP contribution in [0.4, 0.5) is 4.39 Å². The molecule has 0 aromatic heterocycles. The molecule has 0 fully saturated rings. The maximum absolute atomic E-state index is 12.9. The minimum atomic E-state index is -0.892. The molecule has 0 radical (unpaired) electrons. The third kappa shape index (κ3) is 3.57. The summed E-state index contributed by atoms with van der Waals surface area (Å²) in [6.45, 7) is 0.235. The maximum Gasteiger partial charge on any atom is 0.250 e. The third-order valence-electron chi connectivity index (χ3n) is 3.63. The number of para-hydroxylation sites is 1. The van der Waals surface area contributed by atoms with Gasteiger partial charge in [-0.15, -0.1) is 0 Å². The average Bonchev–Trinajstić information content (AvgIpc) is 2.59. The first-order valence-corrected chi connectivity index (χ1v) is 7.27. The number of nitrogens with one attached hydrogen (secondary N) is 1. The fraction of sp³-hybridized carbons (Fsp3) is 0.167. The molecule has 2 N–H and O–H groups in total. The molecule has 4 nitrogen and oxygen atoms in total. The van der Waals surface area contributed by atoms with Crippen molar-refractivity contribution in [1.82, 2.24) is 5.32 Å². The fourth-order valence-corrected chi connectivity index (χ4v) is 2.35. The molecule has 0 saturated heterocycles. The standard InChI is InChI=1S/C18H16FNO3/c19-15-7-5-12(6-8-15)16(21)10-20-18(22)14-9-13-3-1-2-4-17(13)23-11-14/h1-9,16,21H,10-11H2,(H,20,22). The molecule has 118 valence electrons. The number of fused-ring (bicyclic) bond motifs is 1. The SMILES string of the molecule is O=C(NCC(O)c1ccc(F)cc1)C1=Cc2ccccc2OC1. The van der Waals surface area contributed by atoms with E-state index >= 15 is 0 Å². The van der Waals surface area contributed by atoms with E-state index in [2.05, 4.69) is 5.32 Å². The molecule has 1 aliphatic heterocycles. The zero-order valence-corrected chi connectivity index (χ0v) is 12.3. The molecular formula is C18H16FNO3. The third-order valence-corrected chi connectivity index (χ3v) is 3.63. The van der Waals surface area contributed by atoms with Crippen molar-refractivity contribution in [2.75, 3.05) is 13.2 Å². The van der Waals surface area contributed by atoms with Crippen molar-refractivity contribution in [2.45, 2.75) is 6.10 Å². The summed E-state index contributed by atoms with van der Waals surface area (Å²) < 4.78 is 18.4. The molecule has 0 saturated carbocycles. The lowest BCUT2D eigenvalue weighted by Crippen LogP contribution is -2.32. The largest absolute Gasteiger partial charge is 0.488 e. The smallest absolute Gasteiger partial charge is 0.250 e. The van der Waals surface area contributed by atoms with Crippen LogP contribution in [0.3, 0.4) is 0 Å². The van der Waals surface area contributed by atoms with Gasteiger partial charge in [-0.1, -0.05) is 30.3 Å². The molecule has 1 heterocycles. The van der Waals surface area contributed by atoms with Crippen LogP contribution in [0.25, 0.3) is 6.08 Å². The zero-order chi connectivity index (χ0) is 16.2. The Kier molecular flexibility index (Phi) is 4.39. The molecule has 0 spiro atoms. The fourth-order valence-electron chi connectivity index (χ4n) is 2.35. The van der Waals surface area contributed by atoms with Gasteiger partial charge in [0.1, 0.15) is 18.2 Å². The van der Waals surface area contributed by atoms with Gasteiger partial charge in [0.25, 0.3) is 5.91 Å². The lowest BCUT2D eigenvalue weighted by Gasteiger charge is -2.18. The summed E-state index contributed by atoms with van der Waals surface area (Å²) in [6.07, 6.45) is 0.885. The van der Waals surface area contributed by atoms with Gasteiger partial charge in [-0.25, -0.2) is 4.39 Å². The van der Waals surface area contributed by atoms with Gasteiger partial charge in [0.05, 0.1) is 11.7 Å². The van der Waals surface area contributed by atoms with E-state index < -0.39 is 6.10 Å². The molecule has 1 atom stereocenters. The monoisotopic (exact) mass is 313 g/mol. The molecule has 0 aliphatic carbocycles. The topological polar surface area (TPSA) is 58.6 Å². The molecule has 1 unspecified atom stereocenters. The first-order valence-electron chi connectivity index (χ1n) is 7.27. The van der Waals surface area contributed by atoms with Gasteiger partial charge in [0.15, 0.2) is 0 Å². The van der Waals surface area contributed by atoms with E-state index in [4.69, 9.17) is 4.74 Å². The summed E-state index contributed by atoms with van der Waals surface area (Å²) in [5.74, 6) is 0.0872. The van der Waals surface area contributed by atoms with Gasteiger partial charge in [-0.05, 0) is 29.8 Å². The van der Waals surface area contributed by atoms with E-state index in [-0.39, 0.29) is 24.9 Å². The molecule has 23 heavy (non-hydrogen) atoms. The van der Waals surface area contributed by atoms with E-state index in [1.807, 2.05) is 24.3 Å². The van der Waals surface area contributed by atoms with Crippen LogP contribution in [-0.2, 0) is 4.79 Å². The summed E-state index contributed by atoms with van der Waals surface area (Å²) in [5.41, 5.74) is 1.89. The summed E-state index contributed by atoms with van der Waals surface area (Å²) in [7, 11) is 0. The van der Waals surface area contributed by atoms with Crippen molar-refractivity contribution in [3.05, 3.63) is 71.0 Å². The number of amides is 1. The van der Waals surface area contributed by atoms with Crippen LogP contribution < -0.4 is 10.1 Å². The van der Waals surface area contributed by atoms with Crippen LogP contribution in [0.5, 0.6) is 5.75 Å². The van der Waals surface area contributed by atoms with Crippen molar-refractivity contribution in [1.29, 1.82) is 0 Å². The average molecular weight is 313 g/mol. The first kappa shape index (κ1) is 15.2. The summed E-state index contributed by atoms with van der Waals surface area (Å²) in [4.78, 5) is 12.2. The van der Waals surface area contributed by atoms with Gasteiger partial charge in [0, 0.05) is 12.1 Å². The van der Waals surface area contributed by atoms with E-state index in [0.29, 0.717) is 11.1 Å². The Morgan fingerprint density at radius 1 is 1.22 bits per heavy atom. The number of hydrogen-bond donors (Lipinski definition) is 2. The van der Waals surface area contributed by atoms with Gasteiger partial charge < -0.3 is 15.2 Å². The number of hydrogen-bond acceptors (Lipinski definition) is 3. The van der Waals surface area contributed by atoms with Crippen molar-refractivity contribution in [2.24, 2.45) is 0 Å². The molecular weight excluding hydrogens is 297 g/mol. The lowest BCUT2D eigenvalue weighted by molar-refractivity contribution is -0.118. The van der Waals surface area contributed by atoms with Crippen LogP contribution >= 0.6 is 0 Å². The number of rotatable bonds is 4. The Morgan fingerprint density at radius 3 is 2.74 bits per heavy atom. The number of aliphatic hydroxyl groups excluding tert-OH is 1.